The fraction of sp³-hybridized carbons (Fsp3) is 0.176. The first-order chi connectivity index (χ1) is 10.4. The number of carboxylic acid groups (broad SMARTS) is 1. The Morgan fingerprint density at radius 3 is 2.36 bits per heavy atom. The SMILES string of the molecule is Cc1cc(C(=O)Nc2cccc(C(=O)O)c2)ccc1N(C)C. The summed E-state index contributed by atoms with van der Waals surface area (Å²) in [4.78, 5) is 25.2. The molecule has 0 unspecified atom stereocenters. The van der Waals surface area contributed by atoms with Crippen molar-refractivity contribution in [1.82, 2.24) is 0 Å². The highest BCUT2D eigenvalue weighted by molar-refractivity contribution is 6.05. The summed E-state index contributed by atoms with van der Waals surface area (Å²) >= 11 is 0. The molecule has 0 aliphatic heterocycles. The van der Waals surface area contributed by atoms with Crippen molar-refractivity contribution in [3.05, 3.63) is 59.2 Å². The fourth-order valence-electron chi connectivity index (χ4n) is 2.23. The van der Waals surface area contributed by atoms with Gasteiger partial charge in [0.2, 0.25) is 0 Å². The van der Waals surface area contributed by atoms with Crippen molar-refractivity contribution in [3.8, 4) is 0 Å². The quantitative estimate of drug-likeness (QED) is 0.910. The summed E-state index contributed by atoms with van der Waals surface area (Å²) < 4.78 is 0. The van der Waals surface area contributed by atoms with Gasteiger partial charge in [0.05, 0.1) is 5.56 Å². The molecular weight excluding hydrogens is 280 g/mol. The standard InChI is InChI=1S/C17H18N2O3/c1-11-9-12(7-8-15(11)19(2)3)16(20)18-14-6-4-5-13(10-14)17(21)22/h4-10H,1-3H3,(H,18,20)(H,21,22). The number of rotatable bonds is 4. The van der Waals surface area contributed by atoms with Crippen molar-refractivity contribution >= 4 is 23.3 Å². The Balaban J connectivity index is 2.21. The van der Waals surface area contributed by atoms with Crippen molar-refractivity contribution in [2.75, 3.05) is 24.3 Å². The minimum atomic E-state index is -1.03. The van der Waals surface area contributed by atoms with Gasteiger partial charge in [0.25, 0.3) is 5.91 Å². The number of amides is 1. The van der Waals surface area contributed by atoms with Gasteiger partial charge in [0.15, 0.2) is 0 Å². The molecule has 0 saturated heterocycles. The second-order valence-electron chi connectivity index (χ2n) is 5.24. The molecule has 2 rings (SSSR count). The molecule has 0 radical (unpaired) electrons. The van der Waals surface area contributed by atoms with Gasteiger partial charge >= 0.3 is 5.97 Å². The van der Waals surface area contributed by atoms with Gasteiger partial charge in [0.1, 0.15) is 0 Å². The molecular formula is C17H18N2O3. The number of hydrogen-bond donors (Lipinski definition) is 2. The molecule has 1 amide bonds. The van der Waals surface area contributed by atoms with Crippen LogP contribution >= 0.6 is 0 Å². The average molecular weight is 298 g/mol. The van der Waals surface area contributed by atoms with Gasteiger partial charge < -0.3 is 15.3 Å². The molecule has 2 aromatic rings. The normalized spacial score (nSPS) is 10.1. The molecule has 2 aromatic carbocycles. The van der Waals surface area contributed by atoms with Crippen LogP contribution in [0, 0.1) is 6.92 Å². The van der Waals surface area contributed by atoms with Crippen LogP contribution in [0.25, 0.3) is 0 Å². The van der Waals surface area contributed by atoms with Gasteiger partial charge in [-0.25, -0.2) is 4.79 Å². The maximum absolute atomic E-state index is 12.3. The number of carboxylic acids is 1. The summed E-state index contributed by atoms with van der Waals surface area (Å²) in [5, 5.41) is 11.7. The minimum absolute atomic E-state index is 0.136. The number of anilines is 2. The van der Waals surface area contributed by atoms with Crippen LogP contribution in [-0.2, 0) is 0 Å². The predicted molar refractivity (Wildman–Crippen MR) is 86.9 cm³/mol. The maximum atomic E-state index is 12.3. The Kier molecular flexibility index (Phi) is 4.46. The zero-order valence-corrected chi connectivity index (χ0v) is 12.8. The summed E-state index contributed by atoms with van der Waals surface area (Å²) in [5.74, 6) is -1.29. The maximum Gasteiger partial charge on any atom is 0.335 e. The van der Waals surface area contributed by atoms with Gasteiger partial charge in [-0.2, -0.15) is 0 Å². The lowest BCUT2D eigenvalue weighted by Gasteiger charge is -2.16. The lowest BCUT2D eigenvalue weighted by atomic mass is 10.1. The first kappa shape index (κ1) is 15.6. The van der Waals surface area contributed by atoms with E-state index < -0.39 is 5.97 Å². The van der Waals surface area contributed by atoms with Crippen molar-refractivity contribution in [2.24, 2.45) is 0 Å². The van der Waals surface area contributed by atoms with Crippen LogP contribution in [0.15, 0.2) is 42.5 Å². The van der Waals surface area contributed by atoms with Crippen molar-refractivity contribution in [3.63, 3.8) is 0 Å². The first-order valence-electron chi connectivity index (χ1n) is 6.81. The lowest BCUT2D eigenvalue weighted by molar-refractivity contribution is 0.0696. The molecule has 5 nitrogen and oxygen atoms in total. The van der Waals surface area contributed by atoms with Crippen LogP contribution in [0.5, 0.6) is 0 Å². The molecule has 2 N–H and O–H groups in total. The van der Waals surface area contributed by atoms with E-state index in [0.29, 0.717) is 11.3 Å². The molecule has 5 heteroatoms. The Labute approximate surface area is 129 Å². The third-order valence-corrected chi connectivity index (χ3v) is 3.31. The molecule has 0 heterocycles. The third-order valence-electron chi connectivity index (χ3n) is 3.31. The molecule has 0 bridgehead atoms. The zero-order valence-electron chi connectivity index (χ0n) is 12.8. The van der Waals surface area contributed by atoms with Crippen LogP contribution < -0.4 is 10.2 Å². The molecule has 0 aromatic heterocycles. The van der Waals surface area contributed by atoms with E-state index in [2.05, 4.69) is 5.32 Å². The minimum Gasteiger partial charge on any atom is -0.478 e. The Morgan fingerprint density at radius 1 is 1.05 bits per heavy atom. The molecule has 22 heavy (non-hydrogen) atoms. The van der Waals surface area contributed by atoms with Gasteiger partial charge in [-0.05, 0) is 48.9 Å². The van der Waals surface area contributed by atoms with Crippen molar-refractivity contribution in [1.29, 1.82) is 0 Å². The van der Waals surface area contributed by atoms with E-state index in [-0.39, 0.29) is 11.5 Å². The zero-order chi connectivity index (χ0) is 16.3. The van der Waals surface area contributed by atoms with E-state index in [1.54, 1.807) is 18.2 Å². The van der Waals surface area contributed by atoms with Crippen LogP contribution in [0.2, 0.25) is 0 Å². The molecule has 0 aliphatic rings. The van der Waals surface area contributed by atoms with Crippen LogP contribution in [0.1, 0.15) is 26.3 Å². The number of benzene rings is 2. The van der Waals surface area contributed by atoms with E-state index in [0.717, 1.165) is 11.3 Å². The second-order valence-corrected chi connectivity index (χ2v) is 5.24. The van der Waals surface area contributed by atoms with Crippen molar-refractivity contribution in [2.45, 2.75) is 6.92 Å². The Bertz CT molecular complexity index is 724. The monoisotopic (exact) mass is 298 g/mol. The number of aromatic carboxylic acids is 1. The third kappa shape index (κ3) is 3.44. The van der Waals surface area contributed by atoms with E-state index in [4.69, 9.17) is 5.11 Å². The number of nitrogens with one attached hydrogen (secondary N) is 1. The van der Waals surface area contributed by atoms with E-state index >= 15 is 0 Å². The Morgan fingerprint density at radius 2 is 1.77 bits per heavy atom. The van der Waals surface area contributed by atoms with Gasteiger partial charge in [0, 0.05) is 31.0 Å². The highest BCUT2D eigenvalue weighted by Crippen LogP contribution is 2.20. The van der Waals surface area contributed by atoms with E-state index in [1.165, 1.54) is 12.1 Å². The Hall–Kier alpha value is -2.82. The van der Waals surface area contributed by atoms with Crippen LogP contribution in [0.4, 0.5) is 11.4 Å². The number of hydrogen-bond acceptors (Lipinski definition) is 3. The molecule has 0 aliphatic carbocycles. The molecule has 114 valence electrons. The summed E-state index contributed by atoms with van der Waals surface area (Å²) in [6.07, 6.45) is 0. The number of carbonyl (C=O) groups is 2. The highest BCUT2D eigenvalue weighted by atomic mass is 16.4. The largest absolute Gasteiger partial charge is 0.478 e. The molecule has 0 fully saturated rings. The topological polar surface area (TPSA) is 69.6 Å². The summed E-state index contributed by atoms with van der Waals surface area (Å²) in [6, 6.07) is 11.6. The smallest absolute Gasteiger partial charge is 0.335 e. The molecule has 0 spiro atoms. The number of carbonyl (C=O) groups excluding carboxylic acids is 1. The van der Waals surface area contributed by atoms with Gasteiger partial charge in [-0.1, -0.05) is 6.07 Å². The summed E-state index contributed by atoms with van der Waals surface area (Å²) in [5.41, 5.74) is 3.17. The van der Waals surface area contributed by atoms with E-state index in [1.807, 2.05) is 38.1 Å². The first-order valence-corrected chi connectivity index (χ1v) is 6.81. The molecule has 0 saturated carbocycles. The van der Waals surface area contributed by atoms with E-state index in [9.17, 15) is 9.59 Å². The average Bonchev–Trinajstić information content (AvgIpc) is 2.46. The second kappa shape index (κ2) is 6.30. The number of aryl methyl sites for hydroxylation is 1. The number of nitrogens with zero attached hydrogens (tertiary/aromatic N) is 1. The van der Waals surface area contributed by atoms with Crippen LogP contribution in [0.3, 0.4) is 0 Å². The van der Waals surface area contributed by atoms with Gasteiger partial charge in [-0.15, -0.1) is 0 Å². The van der Waals surface area contributed by atoms with Crippen molar-refractivity contribution < 1.29 is 14.7 Å². The molecule has 0 atom stereocenters. The fourth-order valence-corrected chi connectivity index (χ4v) is 2.23. The predicted octanol–water partition coefficient (Wildman–Crippen LogP) is 3.01. The van der Waals surface area contributed by atoms with Crippen LogP contribution in [-0.4, -0.2) is 31.1 Å². The summed E-state index contributed by atoms with van der Waals surface area (Å²) in [6.45, 7) is 1.94. The summed E-state index contributed by atoms with van der Waals surface area (Å²) in [7, 11) is 3.89. The van der Waals surface area contributed by atoms with Gasteiger partial charge in [-0.3, -0.25) is 4.79 Å². The highest BCUT2D eigenvalue weighted by Gasteiger charge is 2.10. The lowest BCUT2D eigenvalue weighted by Crippen LogP contribution is -2.14.